The van der Waals surface area contributed by atoms with Crippen molar-refractivity contribution in [3.05, 3.63) is 54.7 Å². The van der Waals surface area contributed by atoms with Crippen LogP contribution in [0.5, 0.6) is 0 Å². The maximum atomic E-state index is 11.9. The molecule has 210 valence electrons. The number of sulfonamides is 1. The lowest BCUT2D eigenvalue weighted by Gasteiger charge is -2.42. The molecule has 2 aromatic carbocycles. The number of benzene rings is 2. The Kier molecular flexibility index (Phi) is 7.30. The van der Waals surface area contributed by atoms with Gasteiger partial charge in [0, 0.05) is 62.2 Å². The number of nitrogens with zero attached hydrogens (tertiary/aromatic N) is 6. The Morgan fingerprint density at radius 1 is 0.925 bits per heavy atom. The number of piperidine rings is 1. The molecule has 2 aliphatic rings. The Hall–Kier alpha value is -3.74. The third kappa shape index (κ3) is 5.88. The smallest absolute Gasteiger partial charge is 0.229 e. The maximum absolute atomic E-state index is 11.9. The lowest BCUT2D eigenvalue weighted by Crippen LogP contribution is -2.52. The summed E-state index contributed by atoms with van der Waals surface area (Å²) in [7, 11) is -1.26. The predicted molar refractivity (Wildman–Crippen MR) is 160 cm³/mol. The van der Waals surface area contributed by atoms with E-state index in [1.165, 1.54) is 31.6 Å². The predicted octanol–water partition coefficient (Wildman–Crippen LogP) is 3.35. The van der Waals surface area contributed by atoms with Crippen molar-refractivity contribution < 1.29 is 8.42 Å². The zero-order chi connectivity index (χ0) is 27.7. The van der Waals surface area contributed by atoms with Gasteiger partial charge in [-0.25, -0.2) is 18.4 Å². The van der Waals surface area contributed by atoms with Crippen molar-refractivity contribution >= 4 is 43.9 Å². The van der Waals surface area contributed by atoms with Crippen LogP contribution in [0, 0.1) is 0 Å². The van der Waals surface area contributed by atoms with Gasteiger partial charge in [-0.05, 0) is 56.3 Å². The van der Waals surface area contributed by atoms with E-state index in [0.29, 0.717) is 40.0 Å². The van der Waals surface area contributed by atoms with Crippen molar-refractivity contribution in [2.75, 3.05) is 67.5 Å². The van der Waals surface area contributed by atoms with Crippen LogP contribution >= 0.6 is 0 Å². The SMILES string of the molecule is CN1CCN(C2CCN(c3ccc(Nc4nc(-c5ccccc5NS(C)(=O)=O)nc5cn[nH]c45)cc3)CC2)CC1. The monoisotopic (exact) mass is 561 g/mol. The Morgan fingerprint density at radius 2 is 1.65 bits per heavy atom. The molecule has 0 bridgehead atoms. The normalized spacial score (nSPS) is 17.8. The highest BCUT2D eigenvalue weighted by Crippen LogP contribution is 2.31. The van der Waals surface area contributed by atoms with Crippen LogP contribution in [0.3, 0.4) is 0 Å². The Balaban J connectivity index is 1.18. The van der Waals surface area contributed by atoms with Crippen LogP contribution in [0.25, 0.3) is 22.4 Å². The molecule has 0 unspecified atom stereocenters. The zero-order valence-electron chi connectivity index (χ0n) is 22.8. The highest BCUT2D eigenvalue weighted by molar-refractivity contribution is 7.92. The summed E-state index contributed by atoms with van der Waals surface area (Å²) in [6.45, 7) is 6.81. The topological polar surface area (TPSA) is 122 Å². The summed E-state index contributed by atoms with van der Waals surface area (Å²) in [5, 5.41) is 10.5. The quantitative estimate of drug-likeness (QED) is 0.312. The third-order valence-corrected chi connectivity index (χ3v) is 8.37. The molecule has 2 saturated heterocycles. The van der Waals surface area contributed by atoms with E-state index in [1.54, 1.807) is 24.4 Å². The summed E-state index contributed by atoms with van der Waals surface area (Å²) >= 11 is 0. The maximum Gasteiger partial charge on any atom is 0.229 e. The second-order valence-electron chi connectivity index (χ2n) is 10.7. The van der Waals surface area contributed by atoms with E-state index >= 15 is 0 Å². The number of nitrogens with one attached hydrogen (secondary N) is 3. The highest BCUT2D eigenvalue weighted by atomic mass is 32.2. The number of hydrogen-bond donors (Lipinski definition) is 3. The number of aromatic nitrogens is 4. The molecule has 12 heteroatoms. The van der Waals surface area contributed by atoms with E-state index in [1.807, 2.05) is 6.07 Å². The molecule has 0 radical (unpaired) electrons. The lowest BCUT2D eigenvalue weighted by atomic mass is 10.0. The number of para-hydroxylation sites is 1. The molecule has 3 N–H and O–H groups in total. The van der Waals surface area contributed by atoms with Crippen LogP contribution < -0.4 is 14.9 Å². The van der Waals surface area contributed by atoms with Crippen LogP contribution in [0.1, 0.15) is 12.8 Å². The van der Waals surface area contributed by atoms with Crippen LogP contribution in [0.15, 0.2) is 54.7 Å². The van der Waals surface area contributed by atoms with Crippen LogP contribution in [0.2, 0.25) is 0 Å². The van der Waals surface area contributed by atoms with E-state index in [4.69, 9.17) is 4.98 Å². The fourth-order valence-electron chi connectivity index (χ4n) is 5.59. The summed E-state index contributed by atoms with van der Waals surface area (Å²) in [5.41, 5.74) is 4.40. The molecule has 6 rings (SSSR count). The van der Waals surface area contributed by atoms with Gasteiger partial charge in [-0.1, -0.05) is 12.1 Å². The van der Waals surface area contributed by atoms with Crippen molar-refractivity contribution in [2.24, 2.45) is 0 Å². The molecule has 0 aliphatic carbocycles. The molecule has 0 spiro atoms. The summed E-state index contributed by atoms with van der Waals surface area (Å²) in [6.07, 6.45) is 5.14. The zero-order valence-corrected chi connectivity index (χ0v) is 23.7. The Labute approximate surface area is 234 Å². The first-order valence-electron chi connectivity index (χ1n) is 13.7. The minimum absolute atomic E-state index is 0.392. The van der Waals surface area contributed by atoms with E-state index in [2.05, 4.69) is 71.2 Å². The lowest BCUT2D eigenvalue weighted by molar-refractivity contribution is 0.0982. The van der Waals surface area contributed by atoms with Crippen molar-refractivity contribution in [2.45, 2.75) is 18.9 Å². The number of anilines is 4. The van der Waals surface area contributed by atoms with Gasteiger partial charge in [-0.2, -0.15) is 5.10 Å². The van der Waals surface area contributed by atoms with Gasteiger partial charge in [0.15, 0.2) is 11.6 Å². The Bertz CT molecular complexity index is 1570. The van der Waals surface area contributed by atoms with Crippen molar-refractivity contribution in [3.8, 4) is 11.4 Å². The van der Waals surface area contributed by atoms with E-state index in [-0.39, 0.29) is 0 Å². The Morgan fingerprint density at radius 3 is 2.38 bits per heavy atom. The first-order chi connectivity index (χ1) is 19.3. The number of rotatable bonds is 7. The number of hydrogen-bond acceptors (Lipinski definition) is 9. The summed E-state index contributed by atoms with van der Waals surface area (Å²) in [5.74, 6) is 0.954. The van der Waals surface area contributed by atoms with Crippen molar-refractivity contribution in [1.29, 1.82) is 0 Å². The number of likely N-dealkylation sites (N-methyl/N-ethyl adjacent to an activating group) is 1. The van der Waals surface area contributed by atoms with Gasteiger partial charge >= 0.3 is 0 Å². The molecule has 2 fully saturated rings. The second-order valence-corrected chi connectivity index (χ2v) is 12.4. The molecule has 0 amide bonds. The fraction of sp³-hybridized carbons (Fsp3) is 0.393. The van der Waals surface area contributed by atoms with E-state index < -0.39 is 10.0 Å². The largest absolute Gasteiger partial charge is 0.371 e. The van der Waals surface area contributed by atoms with Gasteiger partial charge in [0.2, 0.25) is 10.0 Å². The van der Waals surface area contributed by atoms with Crippen molar-refractivity contribution in [3.63, 3.8) is 0 Å². The van der Waals surface area contributed by atoms with Crippen LogP contribution in [0.4, 0.5) is 22.9 Å². The van der Waals surface area contributed by atoms with Gasteiger partial charge in [0.1, 0.15) is 11.0 Å². The molecular weight excluding hydrogens is 526 g/mol. The molecule has 40 heavy (non-hydrogen) atoms. The van der Waals surface area contributed by atoms with Crippen LogP contribution in [-0.4, -0.2) is 97.0 Å². The van der Waals surface area contributed by atoms with Gasteiger partial charge in [-0.3, -0.25) is 14.7 Å². The molecule has 2 aromatic heterocycles. The number of fused-ring (bicyclic) bond motifs is 1. The van der Waals surface area contributed by atoms with Gasteiger partial charge in [0.25, 0.3) is 0 Å². The fourth-order valence-corrected chi connectivity index (χ4v) is 6.16. The third-order valence-electron chi connectivity index (χ3n) is 7.78. The molecular formula is C28H35N9O2S. The summed E-state index contributed by atoms with van der Waals surface area (Å²) in [6, 6.07) is 16.2. The average Bonchev–Trinajstić information content (AvgIpc) is 3.43. The molecule has 4 heterocycles. The minimum Gasteiger partial charge on any atom is -0.371 e. The van der Waals surface area contributed by atoms with Gasteiger partial charge in [-0.15, -0.1) is 0 Å². The molecule has 0 saturated carbocycles. The molecule has 2 aliphatic heterocycles. The molecule has 0 atom stereocenters. The standard InChI is InChI=1S/C28H35N9O2S/c1-35-15-17-37(18-16-35)22-11-13-36(14-12-22)21-9-7-20(8-10-21)30-28-26-25(19-29-33-26)31-27(32-28)23-5-3-4-6-24(23)34-40(2,38)39/h3-10,19,22,34H,11-18H2,1-2H3,(H,29,33)(H,30,31,32). The van der Waals surface area contributed by atoms with Gasteiger partial charge in [0.05, 0.1) is 18.1 Å². The number of aromatic amines is 1. The first kappa shape index (κ1) is 26.5. The minimum atomic E-state index is -3.47. The number of H-pyrrole nitrogens is 1. The first-order valence-corrected chi connectivity index (χ1v) is 15.5. The number of piperazine rings is 1. The van der Waals surface area contributed by atoms with Gasteiger partial charge < -0.3 is 15.1 Å². The summed E-state index contributed by atoms with van der Waals surface area (Å²) in [4.78, 5) is 16.9. The summed E-state index contributed by atoms with van der Waals surface area (Å²) < 4.78 is 26.4. The van der Waals surface area contributed by atoms with Crippen LogP contribution in [-0.2, 0) is 10.0 Å². The second kappa shape index (κ2) is 11.0. The highest BCUT2D eigenvalue weighted by Gasteiger charge is 2.26. The molecule has 11 nitrogen and oxygen atoms in total. The van der Waals surface area contributed by atoms with E-state index in [0.717, 1.165) is 38.1 Å². The van der Waals surface area contributed by atoms with Crippen molar-refractivity contribution in [1.82, 2.24) is 30.0 Å². The van der Waals surface area contributed by atoms with E-state index in [9.17, 15) is 8.42 Å². The molecule has 4 aromatic rings. The average molecular weight is 562 g/mol.